The van der Waals surface area contributed by atoms with Crippen LogP contribution in [0.25, 0.3) is 0 Å². The number of carbonyl (C=O) groups is 1. The van der Waals surface area contributed by atoms with Gasteiger partial charge in [0, 0.05) is 5.56 Å². The minimum atomic E-state index is -0.834. The van der Waals surface area contributed by atoms with E-state index >= 15 is 0 Å². The van der Waals surface area contributed by atoms with Crippen molar-refractivity contribution >= 4 is 5.97 Å². The van der Waals surface area contributed by atoms with Crippen molar-refractivity contribution in [1.29, 1.82) is 0 Å². The molecule has 0 atom stereocenters. The van der Waals surface area contributed by atoms with Crippen LogP contribution in [-0.4, -0.2) is 23.8 Å². The van der Waals surface area contributed by atoms with Crippen molar-refractivity contribution in [1.82, 2.24) is 0 Å². The van der Waals surface area contributed by atoms with Gasteiger partial charge in [0.05, 0.1) is 12.7 Å². The van der Waals surface area contributed by atoms with Crippen molar-refractivity contribution in [2.24, 2.45) is 0 Å². The minimum Gasteiger partial charge on any atom is -0.465 e. The van der Waals surface area contributed by atoms with E-state index in [4.69, 9.17) is 0 Å². The number of hydrogen-bond donors (Lipinski definition) is 1. The second kappa shape index (κ2) is 5.90. The van der Waals surface area contributed by atoms with Gasteiger partial charge in [0.25, 0.3) is 0 Å². The van der Waals surface area contributed by atoms with Crippen molar-refractivity contribution in [3.63, 3.8) is 0 Å². The second-order valence-electron chi connectivity index (χ2n) is 4.91. The summed E-state index contributed by atoms with van der Waals surface area (Å²) in [6.45, 7) is 0. The van der Waals surface area contributed by atoms with Gasteiger partial charge in [-0.25, -0.2) is 4.79 Å². The van der Waals surface area contributed by atoms with Crippen LogP contribution < -0.4 is 0 Å². The lowest BCUT2D eigenvalue weighted by atomic mass is 9.85. The van der Waals surface area contributed by atoms with E-state index in [1.54, 1.807) is 24.3 Å². The van der Waals surface area contributed by atoms with Crippen LogP contribution in [-0.2, 0) is 4.74 Å². The first-order chi connectivity index (χ1) is 9.13. The molecular weight excluding hydrogens is 240 g/mol. The molecule has 19 heavy (non-hydrogen) atoms. The van der Waals surface area contributed by atoms with Gasteiger partial charge < -0.3 is 9.84 Å². The summed E-state index contributed by atoms with van der Waals surface area (Å²) < 4.78 is 4.63. The largest absolute Gasteiger partial charge is 0.465 e. The maximum Gasteiger partial charge on any atom is 0.337 e. The monoisotopic (exact) mass is 258 g/mol. The van der Waals surface area contributed by atoms with Crippen LogP contribution in [0.4, 0.5) is 0 Å². The van der Waals surface area contributed by atoms with Gasteiger partial charge >= 0.3 is 5.97 Å². The number of ether oxygens (including phenoxy) is 1. The molecule has 0 saturated heterocycles. The van der Waals surface area contributed by atoms with Gasteiger partial charge in [-0.15, -0.1) is 0 Å². The predicted octanol–water partition coefficient (Wildman–Crippen LogP) is 2.52. The third-order valence-corrected chi connectivity index (χ3v) is 3.43. The molecule has 0 heterocycles. The molecule has 1 aliphatic rings. The van der Waals surface area contributed by atoms with E-state index in [0.717, 1.165) is 31.2 Å². The van der Waals surface area contributed by atoms with E-state index in [2.05, 4.69) is 16.6 Å². The number of methoxy groups -OCH3 is 1. The second-order valence-corrected chi connectivity index (χ2v) is 4.91. The Morgan fingerprint density at radius 3 is 2.42 bits per heavy atom. The molecule has 0 aromatic heterocycles. The molecule has 1 fully saturated rings. The molecule has 1 aromatic rings. The van der Waals surface area contributed by atoms with Gasteiger partial charge in [-0.2, -0.15) is 0 Å². The zero-order chi connectivity index (χ0) is 13.7. The molecule has 1 aromatic carbocycles. The Balaban J connectivity index is 2.09. The van der Waals surface area contributed by atoms with Crippen molar-refractivity contribution < 1.29 is 14.6 Å². The summed E-state index contributed by atoms with van der Waals surface area (Å²) >= 11 is 0. The minimum absolute atomic E-state index is 0.356. The molecule has 0 aliphatic heterocycles. The molecule has 0 unspecified atom stereocenters. The number of esters is 1. The Kier molecular flexibility index (Phi) is 4.24. The maximum absolute atomic E-state index is 11.3. The summed E-state index contributed by atoms with van der Waals surface area (Å²) in [5.41, 5.74) is 0.468. The standard InChI is InChI=1S/C16H18O3/c1-19-15(17)14-7-5-13(6-8-14)9-12-16(18)10-3-2-4-11-16/h5-8,18H,2-4,10-11H2,1H3. The number of hydrogen-bond acceptors (Lipinski definition) is 3. The Bertz CT molecular complexity index is 499. The topological polar surface area (TPSA) is 46.5 Å². The molecular formula is C16H18O3. The van der Waals surface area contributed by atoms with Gasteiger partial charge in [-0.1, -0.05) is 18.3 Å². The maximum atomic E-state index is 11.3. The fourth-order valence-corrected chi connectivity index (χ4v) is 2.26. The fraction of sp³-hybridized carbons (Fsp3) is 0.438. The number of benzene rings is 1. The van der Waals surface area contributed by atoms with Crippen LogP contribution >= 0.6 is 0 Å². The van der Waals surface area contributed by atoms with Crippen LogP contribution in [0.2, 0.25) is 0 Å². The van der Waals surface area contributed by atoms with Crippen LogP contribution in [0.3, 0.4) is 0 Å². The van der Waals surface area contributed by atoms with Gasteiger partial charge in [-0.3, -0.25) is 0 Å². The van der Waals surface area contributed by atoms with Gasteiger partial charge in [0.15, 0.2) is 0 Å². The summed E-state index contributed by atoms with van der Waals surface area (Å²) in [6.07, 6.45) is 4.75. The van der Waals surface area contributed by atoms with Crippen molar-refractivity contribution in [2.75, 3.05) is 7.11 Å². The number of aliphatic hydroxyl groups is 1. The normalized spacial score (nSPS) is 17.2. The van der Waals surface area contributed by atoms with Crippen molar-refractivity contribution in [3.8, 4) is 11.8 Å². The molecule has 1 saturated carbocycles. The Labute approximate surface area is 113 Å². The van der Waals surface area contributed by atoms with E-state index < -0.39 is 5.60 Å². The molecule has 1 N–H and O–H groups in total. The van der Waals surface area contributed by atoms with E-state index in [1.807, 2.05) is 0 Å². The lowest BCUT2D eigenvalue weighted by molar-refractivity contribution is 0.0597. The molecule has 3 nitrogen and oxygen atoms in total. The summed E-state index contributed by atoms with van der Waals surface area (Å²) in [4.78, 5) is 11.3. The zero-order valence-corrected chi connectivity index (χ0v) is 11.1. The Morgan fingerprint density at radius 2 is 1.84 bits per heavy atom. The zero-order valence-electron chi connectivity index (χ0n) is 11.1. The first-order valence-electron chi connectivity index (χ1n) is 6.57. The summed E-state index contributed by atoms with van der Waals surface area (Å²) in [7, 11) is 1.36. The Morgan fingerprint density at radius 1 is 1.21 bits per heavy atom. The highest BCUT2D eigenvalue weighted by molar-refractivity contribution is 5.89. The highest BCUT2D eigenvalue weighted by Crippen LogP contribution is 2.27. The van der Waals surface area contributed by atoms with Crippen LogP contribution in [0.1, 0.15) is 48.0 Å². The molecule has 3 heteroatoms. The van der Waals surface area contributed by atoms with Gasteiger partial charge in [0.1, 0.15) is 5.60 Å². The summed E-state index contributed by atoms with van der Waals surface area (Å²) in [5.74, 6) is 5.60. The quantitative estimate of drug-likeness (QED) is 0.622. The molecule has 100 valence electrons. The highest BCUT2D eigenvalue weighted by Gasteiger charge is 2.26. The van der Waals surface area contributed by atoms with Crippen LogP contribution in [0.5, 0.6) is 0 Å². The molecule has 0 radical (unpaired) electrons. The lowest BCUT2D eigenvalue weighted by Gasteiger charge is -2.26. The van der Waals surface area contributed by atoms with E-state index in [1.165, 1.54) is 13.5 Å². The molecule has 0 spiro atoms. The average Bonchev–Trinajstić information content (AvgIpc) is 2.46. The number of rotatable bonds is 1. The molecule has 2 rings (SSSR count). The SMILES string of the molecule is COC(=O)c1ccc(C#CC2(O)CCCCC2)cc1. The third kappa shape index (κ3) is 3.59. The summed E-state index contributed by atoms with van der Waals surface area (Å²) in [6, 6.07) is 6.90. The van der Waals surface area contributed by atoms with Crippen molar-refractivity contribution in [2.45, 2.75) is 37.7 Å². The van der Waals surface area contributed by atoms with Crippen LogP contribution in [0, 0.1) is 11.8 Å². The van der Waals surface area contributed by atoms with E-state index in [-0.39, 0.29) is 5.97 Å². The van der Waals surface area contributed by atoms with Crippen molar-refractivity contribution in [3.05, 3.63) is 35.4 Å². The predicted molar refractivity (Wildman–Crippen MR) is 72.7 cm³/mol. The smallest absolute Gasteiger partial charge is 0.337 e. The van der Waals surface area contributed by atoms with Gasteiger partial charge in [-0.05, 0) is 49.9 Å². The summed E-state index contributed by atoms with van der Waals surface area (Å²) in [5, 5.41) is 10.3. The van der Waals surface area contributed by atoms with E-state index in [9.17, 15) is 9.90 Å². The first kappa shape index (κ1) is 13.6. The van der Waals surface area contributed by atoms with E-state index in [0.29, 0.717) is 5.56 Å². The third-order valence-electron chi connectivity index (χ3n) is 3.43. The molecule has 0 bridgehead atoms. The number of carbonyl (C=O) groups excluding carboxylic acids is 1. The fourth-order valence-electron chi connectivity index (χ4n) is 2.26. The van der Waals surface area contributed by atoms with Gasteiger partial charge in [0.2, 0.25) is 0 Å². The average molecular weight is 258 g/mol. The van der Waals surface area contributed by atoms with Crippen LogP contribution in [0.15, 0.2) is 24.3 Å². The first-order valence-corrected chi connectivity index (χ1v) is 6.57. The molecule has 1 aliphatic carbocycles. The Hall–Kier alpha value is -1.79. The highest BCUT2D eigenvalue weighted by atomic mass is 16.5. The lowest BCUT2D eigenvalue weighted by Crippen LogP contribution is -2.29. The molecule has 0 amide bonds.